The number of hydrogen-bond donors (Lipinski definition) is 1. The van der Waals surface area contributed by atoms with Gasteiger partial charge in [0.2, 0.25) is 0 Å². The summed E-state index contributed by atoms with van der Waals surface area (Å²) in [5, 5.41) is 0. The van der Waals surface area contributed by atoms with E-state index in [1.165, 1.54) is 5.56 Å². The van der Waals surface area contributed by atoms with Crippen molar-refractivity contribution in [1.82, 2.24) is 4.98 Å². The third-order valence-corrected chi connectivity index (χ3v) is 5.57. The second-order valence-electron chi connectivity index (χ2n) is 7.36. The van der Waals surface area contributed by atoms with Gasteiger partial charge < -0.3 is 19.5 Å². The lowest BCUT2D eigenvalue weighted by molar-refractivity contribution is 0.122. The maximum Gasteiger partial charge on any atom is 0.251 e. The molecule has 0 aliphatic carbocycles. The Morgan fingerprint density at radius 3 is 2.65 bits per heavy atom. The molecule has 2 aromatic rings. The normalized spacial score (nSPS) is 23.4. The van der Waals surface area contributed by atoms with E-state index in [0.29, 0.717) is 12.1 Å². The Balaban J connectivity index is 1.61. The van der Waals surface area contributed by atoms with E-state index in [-0.39, 0.29) is 5.56 Å². The summed E-state index contributed by atoms with van der Waals surface area (Å²) in [6.07, 6.45) is 3.32. The summed E-state index contributed by atoms with van der Waals surface area (Å²) >= 11 is 0. The average Bonchev–Trinajstić information content (AvgIpc) is 3.03. The lowest BCUT2D eigenvalue weighted by atomic mass is 10.0. The number of ether oxygens (including phenoxy) is 1. The molecule has 2 aliphatic heterocycles. The van der Waals surface area contributed by atoms with Crippen LogP contribution < -0.4 is 15.4 Å². The first-order valence-electron chi connectivity index (χ1n) is 9.60. The molecule has 2 aliphatic rings. The number of benzene rings is 1. The van der Waals surface area contributed by atoms with E-state index in [1.807, 2.05) is 0 Å². The standard InChI is InChI=1S/C21H27N3O2/c1-16-7-8-18(13-17-5-3-2-4-6-17)24(16)20-14-19(15-21(25)22-20)23-9-11-26-12-10-23/h2-6,14-16,18H,7-13H2,1H3,(H,22,25)/t16-,18?/m1/s1. The van der Waals surface area contributed by atoms with E-state index in [4.69, 9.17) is 4.74 Å². The largest absolute Gasteiger partial charge is 0.378 e. The van der Waals surface area contributed by atoms with Crippen molar-refractivity contribution in [2.75, 3.05) is 36.1 Å². The molecule has 4 rings (SSSR count). The molecule has 2 saturated heterocycles. The van der Waals surface area contributed by atoms with Gasteiger partial charge in [0.25, 0.3) is 5.56 Å². The molecule has 1 N–H and O–H groups in total. The van der Waals surface area contributed by atoms with Gasteiger partial charge in [0.05, 0.1) is 13.2 Å². The highest BCUT2D eigenvalue weighted by Crippen LogP contribution is 2.32. The van der Waals surface area contributed by atoms with Gasteiger partial charge in [-0.05, 0) is 31.7 Å². The average molecular weight is 353 g/mol. The Bertz CT molecular complexity index is 783. The van der Waals surface area contributed by atoms with Crippen molar-refractivity contribution in [3.05, 3.63) is 58.4 Å². The fourth-order valence-corrected chi connectivity index (χ4v) is 4.25. The molecule has 2 atom stereocenters. The molecule has 5 nitrogen and oxygen atoms in total. The van der Waals surface area contributed by atoms with Crippen LogP contribution in [0.15, 0.2) is 47.3 Å². The van der Waals surface area contributed by atoms with Gasteiger partial charge in [-0.3, -0.25) is 4.79 Å². The Kier molecular flexibility index (Phi) is 4.98. The molecule has 2 fully saturated rings. The zero-order chi connectivity index (χ0) is 17.9. The Hall–Kier alpha value is -2.27. The third kappa shape index (κ3) is 3.63. The zero-order valence-corrected chi connectivity index (χ0v) is 15.4. The van der Waals surface area contributed by atoms with Crippen molar-refractivity contribution in [2.45, 2.75) is 38.3 Å². The molecular weight excluding hydrogens is 326 g/mol. The maximum absolute atomic E-state index is 12.3. The Morgan fingerprint density at radius 2 is 1.88 bits per heavy atom. The van der Waals surface area contributed by atoms with Crippen LogP contribution in [0.4, 0.5) is 11.5 Å². The molecule has 0 bridgehead atoms. The molecule has 1 unspecified atom stereocenters. The lowest BCUT2D eigenvalue weighted by Crippen LogP contribution is -2.39. The van der Waals surface area contributed by atoms with Crippen LogP contribution in [0.25, 0.3) is 0 Å². The van der Waals surface area contributed by atoms with Crippen molar-refractivity contribution in [3.8, 4) is 0 Å². The molecular formula is C21H27N3O2. The van der Waals surface area contributed by atoms with E-state index < -0.39 is 0 Å². The minimum absolute atomic E-state index is 0.0263. The van der Waals surface area contributed by atoms with Crippen LogP contribution >= 0.6 is 0 Å². The first kappa shape index (κ1) is 17.2. The predicted molar refractivity (Wildman–Crippen MR) is 105 cm³/mol. The fraction of sp³-hybridized carbons (Fsp3) is 0.476. The zero-order valence-electron chi connectivity index (χ0n) is 15.4. The van der Waals surface area contributed by atoms with E-state index in [9.17, 15) is 4.79 Å². The first-order valence-corrected chi connectivity index (χ1v) is 9.60. The molecule has 5 heteroatoms. The highest BCUT2D eigenvalue weighted by molar-refractivity contribution is 5.56. The number of aromatic nitrogens is 1. The minimum Gasteiger partial charge on any atom is -0.378 e. The SMILES string of the molecule is C[C@@H]1CCC(Cc2ccccc2)N1c1cc(N2CCOCC2)cc(=O)[nH]1. The van der Waals surface area contributed by atoms with Gasteiger partial charge in [-0.2, -0.15) is 0 Å². The molecule has 0 spiro atoms. The second-order valence-corrected chi connectivity index (χ2v) is 7.36. The summed E-state index contributed by atoms with van der Waals surface area (Å²) in [4.78, 5) is 20.1. The number of rotatable bonds is 4. The number of nitrogens with zero attached hydrogens (tertiary/aromatic N) is 2. The van der Waals surface area contributed by atoms with Crippen LogP contribution in [-0.2, 0) is 11.2 Å². The molecule has 0 amide bonds. The number of anilines is 2. The molecule has 26 heavy (non-hydrogen) atoms. The second kappa shape index (κ2) is 7.54. The van der Waals surface area contributed by atoms with Gasteiger partial charge in [0.1, 0.15) is 5.82 Å². The van der Waals surface area contributed by atoms with Gasteiger partial charge in [0, 0.05) is 43.0 Å². The van der Waals surface area contributed by atoms with E-state index in [0.717, 1.165) is 57.1 Å². The highest BCUT2D eigenvalue weighted by atomic mass is 16.5. The number of pyridine rings is 1. The van der Waals surface area contributed by atoms with Crippen molar-refractivity contribution < 1.29 is 4.74 Å². The van der Waals surface area contributed by atoms with Crippen molar-refractivity contribution in [1.29, 1.82) is 0 Å². The smallest absolute Gasteiger partial charge is 0.251 e. The van der Waals surface area contributed by atoms with Crippen LogP contribution in [-0.4, -0.2) is 43.4 Å². The van der Waals surface area contributed by atoms with E-state index >= 15 is 0 Å². The van der Waals surface area contributed by atoms with Crippen molar-refractivity contribution in [3.63, 3.8) is 0 Å². The molecule has 1 aromatic carbocycles. The summed E-state index contributed by atoms with van der Waals surface area (Å²) in [5.41, 5.74) is 2.33. The first-order chi connectivity index (χ1) is 12.7. The van der Waals surface area contributed by atoms with Crippen LogP contribution in [0.5, 0.6) is 0 Å². The number of H-pyrrole nitrogens is 1. The van der Waals surface area contributed by atoms with Crippen LogP contribution in [0.2, 0.25) is 0 Å². The van der Waals surface area contributed by atoms with Gasteiger partial charge in [-0.1, -0.05) is 30.3 Å². The lowest BCUT2D eigenvalue weighted by Gasteiger charge is -2.33. The van der Waals surface area contributed by atoms with Gasteiger partial charge >= 0.3 is 0 Å². The van der Waals surface area contributed by atoms with Gasteiger partial charge in [0.15, 0.2) is 0 Å². The summed E-state index contributed by atoms with van der Waals surface area (Å²) < 4.78 is 5.44. The van der Waals surface area contributed by atoms with Crippen LogP contribution in [0.1, 0.15) is 25.3 Å². The molecule has 1 aromatic heterocycles. The Labute approximate surface area is 154 Å². The predicted octanol–water partition coefficient (Wildman–Crippen LogP) is 2.81. The van der Waals surface area contributed by atoms with Crippen LogP contribution in [0, 0.1) is 0 Å². The quantitative estimate of drug-likeness (QED) is 0.918. The summed E-state index contributed by atoms with van der Waals surface area (Å²) in [5.74, 6) is 0.949. The molecule has 0 radical (unpaired) electrons. The Morgan fingerprint density at radius 1 is 1.12 bits per heavy atom. The minimum atomic E-state index is -0.0263. The van der Waals surface area contributed by atoms with Crippen LogP contribution in [0.3, 0.4) is 0 Å². The maximum atomic E-state index is 12.3. The summed E-state index contributed by atoms with van der Waals surface area (Å²) in [6.45, 7) is 5.38. The number of morpholine rings is 1. The third-order valence-electron chi connectivity index (χ3n) is 5.57. The highest BCUT2D eigenvalue weighted by Gasteiger charge is 2.31. The number of aromatic amines is 1. The van der Waals surface area contributed by atoms with Gasteiger partial charge in [-0.15, -0.1) is 0 Å². The molecule has 138 valence electrons. The summed E-state index contributed by atoms with van der Waals surface area (Å²) in [6, 6.07) is 15.3. The molecule has 0 saturated carbocycles. The monoisotopic (exact) mass is 353 g/mol. The summed E-state index contributed by atoms with van der Waals surface area (Å²) in [7, 11) is 0. The topological polar surface area (TPSA) is 48.6 Å². The van der Waals surface area contributed by atoms with Crippen molar-refractivity contribution >= 4 is 11.5 Å². The number of hydrogen-bond acceptors (Lipinski definition) is 4. The van der Waals surface area contributed by atoms with Crippen molar-refractivity contribution in [2.24, 2.45) is 0 Å². The van der Waals surface area contributed by atoms with E-state index in [1.54, 1.807) is 6.07 Å². The van der Waals surface area contributed by atoms with E-state index in [2.05, 4.69) is 58.1 Å². The number of nitrogens with one attached hydrogen (secondary N) is 1. The molecule has 3 heterocycles. The van der Waals surface area contributed by atoms with Gasteiger partial charge in [-0.25, -0.2) is 0 Å². The fourth-order valence-electron chi connectivity index (χ4n) is 4.25.